The van der Waals surface area contributed by atoms with E-state index in [1.807, 2.05) is 60.4 Å². The lowest BCUT2D eigenvalue weighted by Gasteiger charge is -2.36. The molecule has 172 valence electrons. The van der Waals surface area contributed by atoms with Crippen LogP contribution in [0.1, 0.15) is 13.3 Å². The number of halogens is 1. The Kier molecular flexibility index (Phi) is 7.66. The first kappa shape index (κ1) is 23.3. The van der Waals surface area contributed by atoms with Crippen molar-refractivity contribution in [1.29, 1.82) is 0 Å². The standard InChI is InChI=1S/C23H24BrN5O3S/c1-2-21(31)29-12-10-28(11-13-29)19-8-6-18(7-9-19)25-20(30)15-33-23-27-26-22(32-23)16-4-3-5-17(24)14-16/h3-9,14H,2,10-13,15H2,1H3,(H,25,30). The number of hydrogen-bond acceptors (Lipinski definition) is 7. The molecule has 1 aromatic heterocycles. The Balaban J connectivity index is 1.25. The number of nitrogens with one attached hydrogen (secondary N) is 1. The van der Waals surface area contributed by atoms with Gasteiger partial charge in [0.25, 0.3) is 5.22 Å². The predicted octanol–water partition coefficient (Wildman–Crippen LogP) is 4.29. The van der Waals surface area contributed by atoms with Gasteiger partial charge in [-0.05, 0) is 42.5 Å². The molecule has 0 unspecified atom stereocenters. The third-order valence-corrected chi connectivity index (χ3v) is 6.57. The summed E-state index contributed by atoms with van der Waals surface area (Å²) in [5.41, 5.74) is 2.62. The number of rotatable bonds is 7. The summed E-state index contributed by atoms with van der Waals surface area (Å²) in [4.78, 5) is 28.3. The Morgan fingerprint density at radius 3 is 2.55 bits per heavy atom. The highest BCUT2D eigenvalue weighted by Gasteiger charge is 2.20. The van der Waals surface area contributed by atoms with E-state index >= 15 is 0 Å². The number of carbonyl (C=O) groups is 2. The van der Waals surface area contributed by atoms with Crippen molar-refractivity contribution in [2.45, 2.75) is 18.6 Å². The van der Waals surface area contributed by atoms with Crippen LogP contribution in [0.2, 0.25) is 0 Å². The maximum atomic E-state index is 12.3. The lowest BCUT2D eigenvalue weighted by atomic mass is 10.2. The van der Waals surface area contributed by atoms with E-state index in [-0.39, 0.29) is 17.6 Å². The quantitative estimate of drug-likeness (QED) is 0.456. The monoisotopic (exact) mass is 529 g/mol. The molecule has 4 rings (SSSR count). The van der Waals surface area contributed by atoms with E-state index in [1.54, 1.807) is 0 Å². The zero-order chi connectivity index (χ0) is 23.2. The first-order valence-electron chi connectivity index (χ1n) is 10.7. The van der Waals surface area contributed by atoms with Crippen LogP contribution >= 0.6 is 27.7 Å². The molecule has 2 amide bonds. The number of amides is 2. The number of piperazine rings is 1. The molecule has 1 fully saturated rings. The van der Waals surface area contributed by atoms with Gasteiger partial charge in [-0.2, -0.15) is 0 Å². The molecular weight excluding hydrogens is 506 g/mol. The van der Waals surface area contributed by atoms with Crippen molar-refractivity contribution < 1.29 is 14.0 Å². The van der Waals surface area contributed by atoms with E-state index in [9.17, 15) is 9.59 Å². The summed E-state index contributed by atoms with van der Waals surface area (Å²) in [6.45, 7) is 4.98. The van der Waals surface area contributed by atoms with E-state index in [2.05, 4.69) is 36.3 Å². The molecule has 3 aromatic rings. The average Bonchev–Trinajstić information content (AvgIpc) is 3.32. The molecular formula is C23H24BrN5O3S. The molecule has 0 radical (unpaired) electrons. The van der Waals surface area contributed by atoms with E-state index in [0.717, 1.165) is 47.6 Å². The molecule has 1 N–H and O–H groups in total. The minimum atomic E-state index is -0.151. The highest BCUT2D eigenvalue weighted by molar-refractivity contribution is 9.10. The van der Waals surface area contributed by atoms with Gasteiger partial charge in [-0.1, -0.05) is 40.7 Å². The lowest BCUT2D eigenvalue weighted by Crippen LogP contribution is -2.48. The number of thioether (sulfide) groups is 1. The topological polar surface area (TPSA) is 91.6 Å². The van der Waals surface area contributed by atoms with Crippen molar-refractivity contribution >= 4 is 50.9 Å². The van der Waals surface area contributed by atoms with Crippen molar-refractivity contribution in [1.82, 2.24) is 15.1 Å². The summed E-state index contributed by atoms with van der Waals surface area (Å²) in [6.07, 6.45) is 0.547. The van der Waals surface area contributed by atoms with E-state index in [0.29, 0.717) is 17.5 Å². The number of aromatic nitrogens is 2. The molecule has 1 aliphatic rings. The van der Waals surface area contributed by atoms with Crippen LogP contribution in [-0.4, -0.2) is 58.8 Å². The van der Waals surface area contributed by atoms with Gasteiger partial charge in [0.2, 0.25) is 17.7 Å². The molecule has 2 aromatic carbocycles. The van der Waals surface area contributed by atoms with Crippen molar-refractivity contribution in [2.75, 3.05) is 42.1 Å². The summed E-state index contributed by atoms with van der Waals surface area (Å²) in [5, 5.41) is 11.3. The minimum absolute atomic E-state index is 0.151. The molecule has 2 heterocycles. The fraction of sp³-hybridized carbons (Fsp3) is 0.304. The molecule has 0 atom stereocenters. The molecule has 0 aliphatic carbocycles. The van der Waals surface area contributed by atoms with Gasteiger partial charge in [0.1, 0.15) is 0 Å². The molecule has 33 heavy (non-hydrogen) atoms. The Morgan fingerprint density at radius 2 is 1.85 bits per heavy atom. The van der Waals surface area contributed by atoms with Crippen LogP contribution in [0.5, 0.6) is 0 Å². The first-order valence-corrected chi connectivity index (χ1v) is 12.4. The van der Waals surface area contributed by atoms with E-state index < -0.39 is 0 Å². The summed E-state index contributed by atoms with van der Waals surface area (Å²) < 4.78 is 6.57. The van der Waals surface area contributed by atoms with Gasteiger partial charge in [0.15, 0.2) is 0 Å². The second kappa shape index (κ2) is 10.8. The van der Waals surface area contributed by atoms with Crippen LogP contribution in [0.25, 0.3) is 11.5 Å². The van der Waals surface area contributed by atoms with Crippen LogP contribution in [0, 0.1) is 0 Å². The first-order chi connectivity index (χ1) is 16.0. The highest BCUT2D eigenvalue weighted by Crippen LogP contribution is 2.25. The van der Waals surface area contributed by atoms with Gasteiger partial charge in [-0.15, -0.1) is 10.2 Å². The number of benzene rings is 2. The largest absolute Gasteiger partial charge is 0.411 e. The van der Waals surface area contributed by atoms with E-state index in [4.69, 9.17) is 4.42 Å². The number of hydrogen-bond donors (Lipinski definition) is 1. The molecule has 1 saturated heterocycles. The normalized spacial score (nSPS) is 13.8. The van der Waals surface area contributed by atoms with Crippen LogP contribution in [0.15, 0.2) is 62.6 Å². The number of nitrogens with zero attached hydrogens (tertiary/aromatic N) is 4. The zero-order valence-electron chi connectivity index (χ0n) is 18.2. The Morgan fingerprint density at radius 1 is 1.09 bits per heavy atom. The maximum absolute atomic E-state index is 12.3. The van der Waals surface area contributed by atoms with Crippen LogP contribution in [0.3, 0.4) is 0 Å². The van der Waals surface area contributed by atoms with Gasteiger partial charge in [-0.3, -0.25) is 9.59 Å². The van der Waals surface area contributed by atoms with Gasteiger partial charge >= 0.3 is 0 Å². The molecule has 0 spiro atoms. The molecule has 0 saturated carbocycles. The van der Waals surface area contributed by atoms with Crippen LogP contribution < -0.4 is 10.2 Å². The number of anilines is 2. The Bertz CT molecular complexity index is 1110. The third-order valence-electron chi connectivity index (χ3n) is 5.26. The van der Waals surface area contributed by atoms with E-state index in [1.165, 1.54) is 11.8 Å². The van der Waals surface area contributed by atoms with Gasteiger partial charge in [-0.25, -0.2) is 0 Å². The smallest absolute Gasteiger partial charge is 0.277 e. The molecule has 8 nitrogen and oxygen atoms in total. The van der Waals surface area contributed by atoms with Crippen molar-refractivity contribution in [2.24, 2.45) is 0 Å². The zero-order valence-corrected chi connectivity index (χ0v) is 20.6. The van der Waals surface area contributed by atoms with Crippen LogP contribution in [-0.2, 0) is 9.59 Å². The molecule has 10 heteroatoms. The SMILES string of the molecule is CCC(=O)N1CCN(c2ccc(NC(=O)CSc3nnc(-c4cccc(Br)c4)o3)cc2)CC1. The lowest BCUT2D eigenvalue weighted by molar-refractivity contribution is -0.131. The summed E-state index contributed by atoms with van der Waals surface area (Å²) in [5.74, 6) is 0.627. The second-order valence-corrected chi connectivity index (χ2v) is 9.33. The Hall–Kier alpha value is -2.85. The summed E-state index contributed by atoms with van der Waals surface area (Å²) >= 11 is 4.61. The summed E-state index contributed by atoms with van der Waals surface area (Å²) in [6, 6.07) is 15.3. The van der Waals surface area contributed by atoms with Crippen molar-refractivity contribution in [3.8, 4) is 11.5 Å². The van der Waals surface area contributed by atoms with Gasteiger partial charge < -0.3 is 19.5 Å². The third kappa shape index (κ3) is 6.14. The molecule has 0 bridgehead atoms. The fourth-order valence-electron chi connectivity index (χ4n) is 3.52. The fourth-order valence-corrected chi connectivity index (χ4v) is 4.49. The summed E-state index contributed by atoms with van der Waals surface area (Å²) in [7, 11) is 0. The predicted molar refractivity (Wildman–Crippen MR) is 132 cm³/mol. The second-order valence-electron chi connectivity index (χ2n) is 7.49. The Labute approximate surface area is 204 Å². The highest BCUT2D eigenvalue weighted by atomic mass is 79.9. The molecule has 1 aliphatic heterocycles. The van der Waals surface area contributed by atoms with Crippen molar-refractivity contribution in [3.63, 3.8) is 0 Å². The van der Waals surface area contributed by atoms with Gasteiger partial charge in [0, 0.05) is 54.0 Å². The average molecular weight is 530 g/mol. The van der Waals surface area contributed by atoms with Crippen molar-refractivity contribution in [3.05, 3.63) is 53.0 Å². The minimum Gasteiger partial charge on any atom is -0.411 e. The van der Waals surface area contributed by atoms with Gasteiger partial charge in [0.05, 0.1) is 5.75 Å². The number of carbonyl (C=O) groups excluding carboxylic acids is 2. The maximum Gasteiger partial charge on any atom is 0.277 e. The van der Waals surface area contributed by atoms with Crippen LogP contribution in [0.4, 0.5) is 11.4 Å².